The van der Waals surface area contributed by atoms with E-state index in [1.165, 1.54) is 55.5 Å². The van der Waals surface area contributed by atoms with Crippen LogP contribution in [0.1, 0.15) is 51.1 Å². The first-order valence-corrected chi connectivity index (χ1v) is 10.6. The first kappa shape index (κ1) is 22.3. The van der Waals surface area contributed by atoms with E-state index in [4.69, 9.17) is 0 Å². The van der Waals surface area contributed by atoms with Gasteiger partial charge in [0.2, 0.25) is 0 Å². The fraction of sp³-hybridized carbons (Fsp3) is 0.308. The Morgan fingerprint density at radius 1 is 0.781 bits per heavy atom. The summed E-state index contributed by atoms with van der Waals surface area (Å²) in [7, 11) is 0. The van der Waals surface area contributed by atoms with Gasteiger partial charge >= 0.3 is 6.11 Å². The van der Waals surface area contributed by atoms with Crippen LogP contribution in [-0.4, -0.2) is 0 Å². The number of benzene rings is 3. The third kappa shape index (κ3) is 4.79. The van der Waals surface area contributed by atoms with Crippen molar-refractivity contribution in [1.82, 2.24) is 0 Å². The van der Waals surface area contributed by atoms with Gasteiger partial charge in [0.1, 0.15) is 5.75 Å². The van der Waals surface area contributed by atoms with Gasteiger partial charge in [-0.2, -0.15) is 8.78 Å². The van der Waals surface area contributed by atoms with Crippen molar-refractivity contribution in [2.45, 2.75) is 44.6 Å². The highest BCUT2D eigenvalue weighted by Crippen LogP contribution is 2.37. The summed E-state index contributed by atoms with van der Waals surface area (Å²) in [5.74, 6) is -4.39. The quantitative estimate of drug-likeness (QED) is 0.281. The van der Waals surface area contributed by atoms with Crippen LogP contribution in [0.4, 0.5) is 22.0 Å². The van der Waals surface area contributed by atoms with Crippen LogP contribution in [0.5, 0.6) is 5.75 Å². The molecule has 0 aromatic heterocycles. The highest BCUT2D eigenvalue weighted by molar-refractivity contribution is 5.64. The van der Waals surface area contributed by atoms with Crippen LogP contribution in [0.25, 0.3) is 11.1 Å². The number of halogens is 5. The second-order valence-corrected chi connectivity index (χ2v) is 8.48. The van der Waals surface area contributed by atoms with Crippen LogP contribution in [0.2, 0.25) is 0 Å². The monoisotopic (exact) mass is 448 g/mol. The third-order valence-corrected chi connectivity index (χ3v) is 6.16. The lowest BCUT2D eigenvalue weighted by molar-refractivity contribution is -0.185. The van der Waals surface area contributed by atoms with Gasteiger partial charge in [0, 0.05) is 13.6 Å². The summed E-state index contributed by atoms with van der Waals surface area (Å²) in [5.41, 5.74) is 2.47. The Balaban J connectivity index is 0.00000306. The van der Waals surface area contributed by atoms with Crippen molar-refractivity contribution in [2.24, 2.45) is 5.92 Å². The second kappa shape index (κ2) is 8.93. The summed E-state index contributed by atoms with van der Waals surface area (Å²) < 4.78 is 73.0. The molecule has 3 aromatic rings. The van der Waals surface area contributed by atoms with E-state index in [1.54, 1.807) is 0 Å². The molecular formula is C26H25F5O. The van der Waals surface area contributed by atoms with E-state index < -0.39 is 34.9 Å². The molecule has 1 nitrogen and oxygen atoms in total. The molecule has 0 amide bonds. The van der Waals surface area contributed by atoms with Gasteiger partial charge in [-0.05, 0) is 53.5 Å². The summed E-state index contributed by atoms with van der Waals surface area (Å²) >= 11 is 0. The predicted octanol–water partition coefficient (Wildman–Crippen LogP) is 8.44. The van der Waals surface area contributed by atoms with Crippen LogP contribution in [0, 0.1) is 23.4 Å². The standard InChI is InChI=1S/C26H23F5O.H2/c1-16-2-4-17(5-3-16)18-6-8-19(9-7-18)20-10-12-21(13-11-20)26(30,31)32-22-14-23(27)25(29)24(28)15-22;/h6-17H,2-5H2,1H3;1H. The zero-order valence-electron chi connectivity index (χ0n) is 17.6. The molecule has 1 saturated carbocycles. The van der Waals surface area contributed by atoms with Gasteiger partial charge in [0.05, 0.1) is 5.56 Å². The molecule has 0 unspecified atom stereocenters. The fourth-order valence-corrected chi connectivity index (χ4v) is 4.20. The lowest BCUT2D eigenvalue weighted by Gasteiger charge is -2.26. The first-order chi connectivity index (χ1) is 15.2. The van der Waals surface area contributed by atoms with Gasteiger partial charge in [-0.1, -0.05) is 56.2 Å². The van der Waals surface area contributed by atoms with E-state index in [2.05, 4.69) is 23.8 Å². The SMILES string of the molecule is CC1CCC(c2ccc(-c3ccc(C(F)(F)Oc4cc(F)c(F)c(F)c4)cc3)cc2)CC1.[HH]. The number of ether oxygens (including phenoxy) is 1. The summed E-state index contributed by atoms with van der Waals surface area (Å²) in [4.78, 5) is 0. The largest absolute Gasteiger partial charge is 0.429 e. The van der Waals surface area contributed by atoms with Gasteiger partial charge in [0.15, 0.2) is 17.5 Å². The molecule has 1 aliphatic rings. The van der Waals surface area contributed by atoms with Crippen LogP contribution in [0.15, 0.2) is 60.7 Å². The molecule has 0 heterocycles. The zero-order chi connectivity index (χ0) is 22.9. The van der Waals surface area contributed by atoms with E-state index >= 15 is 0 Å². The van der Waals surface area contributed by atoms with Crippen molar-refractivity contribution < 1.29 is 28.1 Å². The van der Waals surface area contributed by atoms with Crippen molar-refractivity contribution in [3.05, 3.63) is 89.2 Å². The molecule has 1 fully saturated rings. The molecule has 6 heteroatoms. The van der Waals surface area contributed by atoms with E-state index in [0.29, 0.717) is 18.1 Å². The third-order valence-electron chi connectivity index (χ3n) is 6.16. The summed E-state index contributed by atoms with van der Waals surface area (Å²) in [6.07, 6.45) is 0.998. The van der Waals surface area contributed by atoms with Crippen molar-refractivity contribution in [2.75, 3.05) is 0 Å². The number of hydrogen-bond donors (Lipinski definition) is 0. The second-order valence-electron chi connectivity index (χ2n) is 8.48. The molecule has 0 N–H and O–H groups in total. The maximum absolute atomic E-state index is 14.5. The lowest BCUT2D eigenvalue weighted by Crippen LogP contribution is -2.22. The Bertz CT molecular complexity index is 1050. The van der Waals surface area contributed by atoms with Gasteiger partial charge in [-0.25, -0.2) is 13.2 Å². The van der Waals surface area contributed by atoms with Crippen LogP contribution in [-0.2, 0) is 6.11 Å². The van der Waals surface area contributed by atoms with Gasteiger partial charge in [0.25, 0.3) is 0 Å². The van der Waals surface area contributed by atoms with E-state index in [0.717, 1.165) is 17.0 Å². The van der Waals surface area contributed by atoms with Crippen LogP contribution >= 0.6 is 0 Å². The van der Waals surface area contributed by atoms with Gasteiger partial charge in [-0.15, -0.1) is 0 Å². The predicted molar refractivity (Wildman–Crippen MR) is 115 cm³/mol. The lowest BCUT2D eigenvalue weighted by atomic mass is 9.79. The molecule has 0 saturated heterocycles. The normalized spacial score (nSPS) is 19.1. The van der Waals surface area contributed by atoms with E-state index in [9.17, 15) is 22.0 Å². The number of alkyl halides is 2. The summed E-state index contributed by atoms with van der Waals surface area (Å²) in [6.45, 7) is 2.29. The molecule has 0 bridgehead atoms. The average molecular weight is 448 g/mol. The van der Waals surface area contributed by atoms with Crippen molar-refractivity contribution >= 4 is 0 Å². The minimum Gasteiger partial charge on any atom is -0.429 e. The van der Waals surface area contributed by atoms with Crippen molar-refractivity contribution in [1.29, 1.82) is 0 Å². The van der Waals surface area contributed by atoms with Gasteiger partial charge < -0.3 is 4.74 Å². The van der Waals surface area contributed by atoms with Crippen LogP contribution in [0.3, 0.4) is 0 Å². The maximum Gasteiger partial charge on any atom is 0.426 e. The average Bonchev–Trinajstić information content (AvgIpc) is 2.78. The Morgan fingerprint density at radius 2 is 1.28 bits per heavy atom. The van der Waals surface area contributed by atoms with E-state index in [-0.39, 0.29) is 1.43 Å². The molecule has 1 aliphatic carbocycles. The van der Waals surface area contributed by atoms with Gasteiger partial charge in [-0.3, -0.25) is 0 Å². The summed E-state index contributed by atoms with van der Waals surface area (Å²) in [5, 5.41) is 0. The highest BCUT2D eigenvalue weighted by Gasteiger charge is 2.35. The topological polar surface area (TPSA) is 9.23 Å². The Labute approximate surface area is 185 Å². The molecular weight excluding hydrogens is 423 g/mol. The Morgan fingerprint density at radius 3 is 1.81 bits per heavy atom. The zero-order valence-corrected chi connectivity index (χ0v) is 17.6. The Kier molecular flexibility index (Phi) is 6.22. The first-order valence-electron chi connectivity index (χ1n) is 10.6. The van der Waals surface area contributed by atoms with Crippen molar-refractivity contribution in [3.63, 3.8) is 0 Å². The molecule has 32 heavy (non-hydrogen) atoms. The van der Waals surface area contributed by atoms with Crippen molar-refractivity contribution in [3.8, 4) is 16.9 Å². The molecule has 170 valence electrons. The fourth-order valence-electron chi connectivity index (χ4n) is 4.20. The smallest absolute Gasteiger partial charge is 0.426 e. The number of hydrogen-bond acceptors (Lipinski definition) is 1. The molecule has 0 aliphatic heterocycles. The minimum absolute atomic E-state index is 0. The van der Waals surface area contributed by atoms with E-state index in [1.807, 2.05) is 12.1 Å². The van der Waals surface area contributed by atoms with Crippen LogP contribution < -0.4 is 4.74 Å². The molecule has 0 radical (unpaired) electrons. The summed E-state index contributed by atoms with van der Waals surface area (Å²) in [6, 6.07) is 14.4. The number of rotatable bonds is 5. The maximum atomic E-state index is 14.5. The molecule has 0 spiro atoms. The minimum atomic E-state index is -3.85. The Hall–Kier alpha value is -2.89. The molecule has 3 aromatic carbocycles. The molecule has 0 atom stereocenters. The molecule has 4 rings (SSSR count). The highest BCUT2D eigenvalue weighted by atomic mass is 19.3.